The summed E-state index contributed by atoms with van der Waals surface area (Å²) < 4.78 is 46.0. The molecule has 0 saturated carbocycles. The zero-order valence-corrected chi connectivity index (χ0v) is 17.9. The van der Waals surface area contributed by atoms with Crippen molar-refractivity contribution in [1.29, 1.82) is 0 Å². The van der Waals surface area contributed by atoms with Gasteiger partial charge < -0.3 is 10.1 Å². The number of benzene rings is 3. The standard InChI is InChI=1S/C23H23FN2O4S/c1-16-4-3-5-20(14-16)26-31(28,29)22-12-10-21(11-13-22)30-15-23(27)25-17(2)18-6-8-19(24)9-7-18/h3-14,17,26H,15H2,1-2H3,(H,25,27)/t17-/m1/s1. The lowest BCUT2D eigenvalue weighted by molar-refractivity contribution is -0.123. The molecule has 0 radical (unpaired) electrons. The first-order chi connectivity index (χ1) is 14.7. The van der Waals surface area contributed by atoms with E-state index in [1.807, 2.05) is 13.0 Å². The van der Waals surface area contributed by atoms with Gasteiger partial charge >= 0.3 is 0 Å². The fourth-order valence-electron chi connectivity index (χ4n) is 2.90. The number of hydrogen-bond acceptors (Lipinski definition) is 4. The highest BCUT2D eigenvalue weighted by atomic mass is 32.2. The Morgan fingerprint density at radius 2 is 1.71 bits per heavy atom. The molecule has 0 aliphatic heterocycles. The van der Waals surface area contributed by atoms with E-state index in [0.29, 0.717) is 11.4 Å². The Labute approximate surface area is 181 Å². The summed E-state index contributed by atoms with van der Waals surface area (Å²) in [5.41, 5.74) is 2.19. The van der Waals surface area contributed by atoms with Crippen LogP contribution in [0.2, 0.25) is 0 Å². The Morgan fingerprint density at radius 1 is 1.03 bits per heavy atom. The number of sulfonamides is 1. The van der Waals surface area contributed by atoms with Crippen molar-refractivity contribution in [3.63, 3.8) is 0 Å². The molecule has 3 aromatic carbocycles. The van der Waals surface area contributed by atoms with Crippen molar-refractivity contribution in [2.45, 2.75) is 24.8 Å². The molecule has 3 aromatic rings. The molecule has 0 aliphatic carbocycles. The van der Waals surface area contributed by atoms with Gasteiger partial charge in [-0.15, -0.1) is 0 Å². The molecule has 0 spiro atoms. The van der Waals surface area contributed by atoms with E-state index in [2.05, 4.69) is 10.0 Å². The quantitative estimate of drug-likeness (QED) is 0.548. The number of nitrogens with one attached hydrogen (secondary N) is 2. The van der Waals surface area contributed by atoms with Crippen LogP contribution in [-0.2, 0) is 14.8 Å². The number of aryl methyl sites for hydroxylation is 1. The molecule has 0 saturated heterocycles. The molecule has 0 aromatic heterocycles. The normalized spacial score (nSPS) is 12.1. The number of amides is 1. The summed E-state index contributed by atoms with van der Waals surface area (Å²) in [7, 11) is -3.74. The number of ether oxygens (including phenoxy) is 1. The maximum absolute atomic E-state index is 13.0. The molecule has 31 heavy (non-hydrogen) atoms. The summed E-state index contributed by atoms with van der Waals surface area (Å²) in [4.78, 5) is 12.2. The highest BCUT2D eigenvalue weighted by molar-refractivity contribution is 7.92. The number of hydrogen-bond donors (Lipinski definition) is 2. The maximum Gasteiger partial charge on any atom is 0.261 e. The van der Waals surface area contributed by atoms with Gasteiger partial charge in [-0.3, -0.25) is 9.52 Å². The Hall–Kier alpha value is -3.39. The van der Waals surface area contributed by atoms with E-state index < -0.39 is 10.0 Å². The van der Waals surface area contributed by atoms with Gasteiger partial charge in [0.1, 0.15) is 11.6 Å². The lowest BCUT2D eigenvalue weighted by Crippen LogP contribution is -2.31. The van der Waals surface area contributed by atoms with Crippen molar-refractivity contribution in [2.75, 3.05) is 11.3 Å². The minimum atomic E-state index is -3.74. The molecule has 8 heteroatoms. The number of anilines is 1. The van der Waals surface area contributed by atoms with E-state index >= 15 is 0 Å². The van der Waals surface area contributed by atoms with Gasteiger partial charge in [0.15, 0.2) is 6.61 Å². The van der Waals surface area contributed by atoms with Crippen LogP contribution in [0.25, 0.3) is 0 Å². The molecule has 0 aliphatic rings. The van der Waals surface area contributed by atoms with E-state index in [4.69, 9.17) is 4.74 Å². The fraction of sp³-hybridized carbons (Fsp3) is 0.174. The number of rotatable bonds is 8. The minimum absolute atomic E-state index is 0.0794. The average molecular weight is 443 g/mol. The van der Waals surface area contributed by atoms with Crippen LogP contribution in [0.1, 0.15) is 24.1 Å². The molecule has 2 N–H and O–H groups in total. The van der Waals surface area contributed by atoms with Gasteiger partial charge in [0.25, 0.3) is 15.9 Å². The molecule has 6 nitrogen and oxygen atoms in total. The highest BCUT2D eigenvalue weighted by Crippen LogP contribution is 2.20. The van der Waals surface area contributed by atoms with Crippen molar-refractivity contribution in [3.05, 3.63) is 89.7 Å². The zero-order valence-electron chi connectivity index (χ0n) is 17.1. The van der Waals surface area contributed by atoms with Gasteiger partial charge in [-0.25, -0.2) is 12.8 Å². The molecule has 0 bridgehead atoms. The van der Waals surface area contributed by atoms with Gasteiger partial charge in [-0.1, -0.05) is 24.3 Å². The van der Waals surface area contributed by atoms with E-state index in [9.17, 15) is 17.6 Å². The Kier molecular flexibility index (Phi) is 6.91. The molecule has 0 fully saturated rings. The molecule has 3 rings (SSSR count). The predicted molar refractivity (Wildman–Crippen MR) is 117 cm³/mol. The molecular weight excluding hydrogens is 419 g/mol. The largest absolute Gasteiger partial charge is 0.484 e. The monoisotopic (exact) mass is 442 g/mol. The maximum atomic E-state index is 13.0. The number of carbonyl (C=O) groups is 1. The van der Waals surface area contributed by atoms with Crippen LogP contribution >= 0.6 is 0 Å². The number of carbonyl (C=O) groups excluding carboxylic acids is 1. The third-order valence-corrected chi connectivity index (χ3v) is 5.92. The first-order valence-electron chi connectivity index (χ1n) is 9.60. The first-order valence-corrected chi connectivity index (χ1v) is 11.1. The lowest BCUT2D eigenvalue weighted by Gasteiger charge is -2.15. The second kappa shape index (κ2) is 9.61. The smallest absolute Gasteiger partial charge is 0.261 e. The predicted octanol–water partition coefficient (Wildman–Crippen LogP) is 4.19. The zero-order chi connectivity index (χ0) is 22.4. The summed E-state index contributed by atoms with van der Waals surface area (Å²) in [6, 6.07) is 18.4. The van der Waals surface area contributed by atoms with E-state index in [0.717, 1.165) is 11.1 Å². The molecular formula is C23H23FN2O4S. The SMILES string of the molecule is Cc1cccc(NS(=O)(=O)c2ccc(OCC(=O)N[C@H](C)c3ccc(F)cc3)cc2)c1. The van der Waals surface area contributed by atoms with Crippen molar-refractivity contribution in [2.24, 2.45) is 0 Å². The second-order valence-corrected chi connectivity index (χ2v) is 8.76. The number of halogens is 1. The van der Waals surface area contributed by atoms with Crippen LogP contribution in [0.15, 0.2) is 77.7 Å². The van der Waals surface area contributed by atoms with Gasteiger partial charge in [0.05, 0.1) is 10.9 Å². The van der Waals surface area contributed by atoms with E-state index in [1.54, 1.807) is 37.3 Å². The van der Waals surface area contributed by atoms with E-state index in [1.165, 1.54) is 36.4 Å². The Bertz CT molecular complexity index is 1150. The van der Waals surface area contributed by atoms with E-state index in [-0.39, 0.29) is 29.3 Å². The third kappa shape index (κ3) is 6.29. The fourth-order valence-corrected chi connectivity index (χ4v) is 3.95. The topological polar surface area (TPSA) is 84.5 Å². The molecule has 162 valence electrons. The van der Waals surface area contributed by atoms with Gasteiger partial charge in [0.2, 0.25) is 0 Å². The summed E-state index contributed by atoms with van der Waals surface area (Å²) >= 11 is 0. The van der Waals surface area contributed by atoms with Crippen LogP contribution in [-0.4, -0.2) is 20.9 Å². The molecule has 0 unspecified atom stereocenters. The Balaban J connectivity index is 1.55. The summed E-state index contributed by atoms with van der Waals surface area (Å²) in [5, 5.41) is 2.76. The van der Waals surface area contributed by atoms with Crippen LogP contribution in [0.5, 0.6) is 5.75 Å². The summed E-state index contributed by atoms with van der Waals surface area (Å²) in [6.07, 6.45) is 0. The molecule has 1 atom stereocenters. The van der Waals surface area contributed by atoms with Gasteiger partial charge in [-0.2, -0.15) is 0 Å². The minimum Gasteiger partial charge on any atom is -0.484 e. The lowest BCUT2D eigenvalue weighted by atomic mass is 10.1. The summed E-state index contributed by atoms with van der Waals surface area (Å²) in [5.74, 6) is -0.334. The average Bonchev–Trinajstić information content (AvgIpc) is 2.72. The van der Waals surface area contributed by atoms with Crippen LogP contribution in [0.4, 0.5) is 10.1 Å². The highest BCUT2D eigenvalue weighted by Gasteiger charge is 2.15. The van der Waals surface area contributed by atoms with Crippen molar-refractivity contribution >= 4 is 21.6 Å². The van der Waals surface area contributed by atoms with Crippen molar-refractivity contribution < 1.29 is 22.3 Å². The Morgan fingerprint density at radius 3 is 2.35 bits per heavy atom. The molecule has 1 amide bonds. The van der Waals surface area contributed by atoms with Crippen LogP contribution < -0.4 is 14.8 Å². The van der Waals surface area contributed by atoms with Crippen LogP contribution in [0, 0.1) is 12.7 Å². The van der Waals surface area contributed by atoms with Crippen LogP contribution in [0.3, 0.4) is 0 Å². The van der Waals surface area contributed by atoms with Crippen molar-refractivity contribution in [3.8, 4) is 5.75 Å². The third-order valence-electron chi connectivity index (χ3n) is 4.52. The molecule has 0 heterocycles. The van der Waals surface area contributed by atoms with Crippen molar-refractivity contribution in [1.82, 2.24) is 5.32 Å². The van der Waals surface area contributed by atoms with Gasteiger partial charge in [0, 0.05) is 5.69 Å². The summed E-state index contributed by atoms with van der Waals surface area (Å²) in [6.45, 7) is 3.42. The second-order valence-electron chi connectivity index (χ2n) is 7.08. The van der Waals surface area contributed by atoms with Gasteiger partial charge in [-0.05, 0) is 73.5 Å². The first kappa shape index (κ1) is 22.3.